The van der Waals surface area contributed by atoms with E-state index in [4.69, 9.17) is 4.74 Å². The monoisotopic (exact) mass is 246 g/mol. The summed E-state index contributed by atoms with van der Waals surface area (Å²) in [6, 6.07) is 0. The molecule has 0 aromatic carbocycles. The van der Waals surface area contributed by atoms with Crippen LogP contribution in [0.5, 0.6) is 0 Å². The molecule has 74 valence electrons. The van der Waals surface area contributed by atoms with Crippen LogP contribution < -0.4 is 0 Å². The van der Waals surface area contributed by atoms with Gasteiger partial charge < -0.3 is 9.30 Å². The number of ether oxygens (including phenoxy) is 1. The summed E-state index contributed by atoms with van der Waals surface area (Å²) in [6.45, 7) is 7.63. The highest BCUT2D eigenvalue weighted by molar-refractivity contribution is 9.10. The number of aryl methyl sites for hydroxylation is 1. The Bertz CT molecular complexity index is 271. The van der Waals surface area contributed by atoms with E-state index in [2.05, 4.69) is 27.8 Å². The van der Waals surface area contributed by atoms with E-state index in [0.29, 0.717) is 6.61 Å². The van der Waals surface area contributed by atoms with Crippen LogP contribution in [-0.4, -0.2) is 15.7 Å². The van der Waals surface area contributed by atoms with Gasteiger partial charge in [0.05, 0.1) is 18.4 Å². The molecule has 0 atom stereocenters. The smallest absolute Gasteiger partial charge is 0.177 e. The lowest BCUT2D eigenvalue weighted by Gasteiger charge is -2.03. The van der Waals surface area contributed by atoms with E-state index in [1.807, 2.05) is 24.6 Å². The summed E-state index contributed by atoms with van der Waals surface area (Å²) < 4.78 is 8.36. The Labute approximate surface area is 87.2 Å². The first-order valence-electron chi connectivity index (χ1n) is 4.46. The molecule has 1 aromatic heterocycles. The van der Waals surface area contributed by atoms with Gasteiger partial charge in [0.25, 0.3) is 0 Å². The largest absolute Gasteiger partial charge is 0.372 e. The molecule has 0 unspecified atom stereocenters. The Hall–Kier alpha value is -0.350. The maximum absolute atomic E-state index is 5.44. The second-order valence-electron chi connectivity index (χ2n) is 3.15. The molecule has 4 heteroatoms. The van der Waals surface area contributed by atoms with Crippen LogP contribution >= 0.6 is 15.9 Å². The van der Waals surface area contributed by atoms with E-state index < -0.39 is 0 Å². The lowest BCUT2D eigenvalue weighted by Crippen LogP contribution is -2.02. The van der Waals surface area contributed by atoms with Gasteiger partial charge in [-0.3, -0.25) is 0 Å². The van der Waals surface area contributed by atoms with E-state index in [-0.39, 0.29) is 6.10 Å². The van der Waals surface area contributed by atoms with E-state index in [0.717, 1.165) is 17.0 Å². The predicted molar refractivity (Wildman–Crippen MR) is 55.5 cm³/mol. The summed E-state index contributed by atoms with van der Waals surface area (Å²) in [4.78, 5) is 4.31. The Morgan fingerprint density at radius 3 is 2.77 bits per heavy atom. The third kappa shape index (κ3) is 3.12. The summed E-state index contributed by atoms with van der Waals surface area (Å²) in [6.07, 6.45) is 2.26. The molecule has 0 aliphatic heterocycles. The molecule has 0 spiro atoms. The van der Waals surface area contributed by atoms with Crippen LogP contribution in [0.3, 0.4) is 0 Å². The third-order valence-electron chi connectivity index (χ3n) is 1.68. The van der Waals surface area contributed by atoms with Crippen LogP contribution in [0.1, 0.15) is 26.5 Å². The van der Waals surface area contributed by atoms with Gasteiger partial charge in [-0.1, -0.05) is 0 Å². The van der Waals surface area contributed by atoms with E-state index in [9.17, 15) is 0 Å². The molecule has 1 aromatic rings. The lowest BCUT2D eigenvalue weighted by atomic mass is 10.4. The minimum absolute atomic E-state index is 0.255. The minimum atomic E-state index is 0.255. The fraction of sp³-hybridized carbons (Fsp3) is 0.667. The van der Waals surface area contributed by atoms with Crippen LogP contribution in [0, 0.1) is 0 Å². The maximum atomic E-state index is 5.44. The van der Waals surface area contributed by atoms with Gasteiger partial charge in [0.1, 0.15) is 0 Å². The second kappa shape index (κ2) is 4.77. The molecule has 1 rings (SSSR count). The maximum Gasteiger partial charge on any atom is 0.177 e. The van der Waals surface area contributed by atoms with Crippen molar-refractivity contribution < 1.29 is 4.74 Å². The van der Waals surface area contributed by atoms with E-state index in [1.54, 1.807) is 0 Å². The number of imidazole rings is 1. The van der Waals surface area contributed by atoms with Crippen molar-refractivity contribution in [3.63, 3.8) is 0 Å². The van der Waals surface area contributed by atoms with Crippen molar-refractivity contribution in [1.29, 1.82) is 0 Å². The zero-order valence-corrected chi connectivity index (χ0v) is 9.84. The Morgan fingerprint density at radius 2 is 2.31 bits per heavy atom. The fourth-order valence-electron chi connectivity index (χ4n) is 0.988. The fourth-order valence-corrected chi connectivity index (χ4v) is 1.57. The van der Waals surface area contributed by atoms with Gasteiger partial charge in [-0.2, -0.15) is 0 Å². The highest BCUT2D eigenvalue weighted by Gasteiger charge is 2.04. The zero-order chi connectivity index (χ0) is 9.84. The minimum Gasteiger partial charge on any atom is -0.372 e. The van der Waals surface area contributed by atoms with Crippen LogP contribution in [0.2, 0.25) is 0 Å². The average molecular weight is 247 g/mol. The number of nitrogens with zero attached hydrogens (tertiary/aromatic N) is 2. The summed E-state index contributed by atoms with van der Waals surface area (Å²) in [5.74, 6) is 0. The van der Waals surface area contributed by atoms with Crippen molar-refractivity contribution in [2.75, 3.05) is 0 Å². The Morgan fingerprint density at radius 1 is 1.62 bits per heavy atom. The van der Waals surface area contributed by atoms with Crippen molar-refractivity contribution in [3.8, 4) is 0 Å². The van der Waals surface area contributed by atoms with Crippen molar-refractivity contribution >= 4 is 15.9 Å². The van der Waals surface area contributed by atoms with Crippen LogP contribution in [0.25, 0.3) is 0 Å². The van der Waals surface area contributed by atoms with Crippen molar-refractivity contribution in [2.45, 2.75) is 40.0 Å². The van der Waals surface area contributed by atoms with Crippen molar-refractivity contribution in [1.82, 2.24) is 9.55 Å². The molecule has 0 fully saturated rings. The zero-order valence-electron chi connectivity index (χ0n) is 8.25. The Balaban J connectivity index is 2.57. The molecular formula is C9H15BrN2O. The first-order chi connectivity index (χ1) is 6.13. The number of rotatable bonds is 4. The molecule has 0 saturated heterocycles. The van der Waals surface area contributed by atoms with Gasteiger partial charge >= 0.3 is 0 Å². The molecule has 0 aliphatic carbocycles. The normalized spacial score (nSPS) is 11.2. The van der Waals surface area contributed by atoms with Crippen LogP contribution in [0.4, 0.5) is 0 Å². The third-order valence-corrected chi connectivity index (χ3v) is 2.32. The first kappa shape index (κ1) is 10.7. The molecule has 3 nitrogen and oxygen atoms in total. The molecular weight excluding hydrogens is 232 g/mol. The lowest BCUT2D eigenvalue weighted by molar-refractivity contribution is 0.0637. The van der Waals surface area contributed by atoms with Crippen molar-refractivity contribution in [2.24, 2.45) is 0 Å². The number of aromatic nitrogens is 2. The highest BCUT2D eigenvalue weighted by atomic mass is 79.9. The van der Waals surface area contributed by atoms with Gasteiger partial charge in [-0.15, -0.1) is 0 Å². The highest BCUT2D eigenvalue weighted by Crippen LogP contribution is 2.11. The molecule has 13 heavy (non-hydrogen) atoms. The number of halogens is 1. The summed E-state index contributed by atoms with van der Waals surface area (Å²) in [7, 11) is 0. The molecule has 0 saturated carbocycles. The standard InChI is InChI=1S/C9H15BrN2O/c1-4-12-5-8(11-9(12)10)6-13-7(2)3/h5,7H,4,6H2,1-3H3. The summed E-state index contributed by atoms with van der Waals surface area (Å²) in [5.41, 5.74) is 0.974. The van der Waals surface area contributed by atoms with Gasteiger partial charge in [-0.25, -0.2) is 4.98 Å². The molecule has 0 bridgehead atoms. The average Bonchev–Trinajstić information content (AvgIpc) is 2.43. The Kier molecular flexibility index (Phi) is 3.93. The molecule has 0 amide bonds. The van der Waals surface area contributed by atoms with Gasteiger partial charge in [0.15, 0.2) is 4.73 Å². The summed E-state index contributed by atoms with van der Waals surface area (Å²) in [5, 5.41) is 0. The van der Waals surface area contributed by atoms with Crippen LogP contribution in [-0.2, 0) is 17.9 Å². The molecule has 0 radical (unpaired) electrons. The molecule has 0 N–H and O–H groups in total. The van der Waals surface area contributed by atoms with Gasteiger partial charge in [0.2, 0.25) is 0 Å². The van der Waals surface area contributed by atoms with Crippen molar-refractivity contribution in [3.05, 3.63) is 16.6 Å². The van der Waals surface area contributed by atoms with Gasteiger partial charge in [0, 0.05) is 12.7 Å². The number of hydrogen-bond acceptors (Lipinski definition) is 2. The number of hydrogen-bond donors (Lipinski definition) is 0. The predicted octanol–water partition coefficient (Wildman–Crippen LogP) is 2.59. The van der Waals surface area contributed by atoms with E-state index >= 15 is 0 Å². The van der Waals surface area contributed by atoms with Crippen LogP contribution in [0.15, 0.2) is 10.9 Å². The summed E-state index contributed by atoms with van der Waals surface area (Å²) >= 11 is 3.38. The molecule has 0 aliphatic rings. The van der Waals surface area contributed by atoms with Gasteiger partial charge in [-0.05, 0) is 36.7 Å². The second-order valence-corrected chi connectivity index (χ2v) is 3.86. The SMILES string of the molecule is CCn1cc(COC(C)C)nc1Br. The topological polar surface area (TPSA) is 27.1 Å². The van der Waals surface area contributed by atoms with E-state index in [1.165, 1.54) is 0 Å². The quantitative estimate of drug-likeness (QED) is 0.817. The molecule has 1 heterocycles. The first-order valence-corrected chi connectivity index (χ1v) is 5.26.